The van der Waals surface area contributed by atoms with E-state index in [1.54, 1.807) is 0 Å². The van der Waals surface area contributed by atoms with Crippen LogP contribution in [0, 0.1) is 12.3 Å². The summed E-state index contributed by atoms with van der Waals surface area (Å²) in [6.07, 6.45) is 5.57. The number of pyridine rings is 1. The second-order valence-corrected chi connectivity index (χ2v) is 6.03. The molecule has 2 aliphatic rings. The Hall–Kier alpha value is -1.62. The van der Waals surface area contributed by atoms with Crippen LogP contribution in [0.1, 0.15) is 30.4 Å². The number of hydrogen-bond donors (Lipinski definition) is 2. The maximum absolute atomic E-state index is 7.83. The van der Waals surface area contributed by atoms with Gasteiger partial charge in [-0.15, -0.1) is 0 Å². The van der Waals surface area contributed by atoms with Gasteiger partial charge in [0.2, 0.25) is 0 Å². The number of amidine groups is 1. The van der Waals surface area contributed by atoms with Gasteiger partial charge in [-0.1, -0.05) is 0 Å². The molecule has 108 valence electrons. The summed E-state index contributed by atoms with van der Waals surface area (Å²) in [6, 6.07) is 3.23. The Kier molecular flexibility index (Phi) is 3.38. The van der Waals surface area contributed by atoms with Gasteiger partial charge in [-0.25, -0.2) is 4.98 Å². The topological polar surface area (TPSA) is 69.2 Å². The van der Waals surface area contributed by atoms with Gasteiger partial charge in [-0.3, -0.25) is 10.3 Å². The first-order valence-electron chi connectivity index (χ1n) is 7.35. The van der Waals surface area contributed by atoms with Gasteiger partial charge in [-0.05, 0) is 44.9 Å². The van der Waals surface area contributed by atoms with E-state index in [1.807, 2.05) is 19.2 Å². The minimum absolute atomic E-state index is 0.119. The summed E-state index contributed by atoms with van der Waals surface area (Å²) < 4.78 is 0. The van der Waals surface area contributed by atoms with Gasteiger partial charge in [0.25, 0.3) is 0 Å². The number of anilines is 1. The van der Waals surface area contributed by atoms with Gasteiger partial charge in [0.1, 0.15) is 11.7 Å². The van der Waals surface area contributed by atoms with Gasteiger partial charge in [0.05, 0.1) is 5.56 Å². The minimum atomic E-state index is 0.119. The van der Waals surface area contributed by atoms with Crippen molar-refractivity contribution < 1.29 is 0 Å². The van der Waals surface area contributed by atoms with Crippen LogP contribution in [0.4, 0.5) is 5.82 Å². The van der Waals surface area contributed by atoms with E-state index in [9.17, 15) is 0 Å². The van der Waals surface area contributed by atoms with E-state index in [0.29, 0.717) is 12.1 Å². The van der Waals surface area contributed by atoms with Crippen LogP contribution in [0.25, 0.3) is 0 Å². The van der Waals surface area contributed by atoms with Crippen LogP contribution in [0.2, 0.25) is 0 Å². The summed E-state index contributed by atoms with van der Waals surface area (Å²) in [7, 11) is 2.24. The number of nitrogens with one attached hydrogen (secondary N) is 1. The molecule has 0 aromatic carbocycles. The van der Waals surface area contributed by atoms with Crippen LogP contribution in [0.3, 0.4) is 0 Å². The number of likely N-dealkylation sites (N-methyl/N-ethyl adjacent to an activating group) is 1. The molecular formula is C15H23N5. The third kappa shape index (κ3) is 2.16. The molecule has 1 aromatic heterocycles. The third-order valence-corrected chi connectivity index (χ3v) is 4.86. The number of fused-ring (bicyclic) bond motifs is 2. The summed E-state index contributed by atoms with van der Waals surface area (Å²) in [5.74, 6) is 1.01. The molecule has 2 atom stereocenters. The molecule has 0 spiro atoms. The summed E-state index contributed by atoms with van der Waals surface area (Å²) >= 11 is 0. The molecular weight excluding hydrogens is 250 g/mol. The summed E-state index contributed by atoms with van der Waals surface area (Å²) in [4.78, 5) is 9.36. The Morgan fingerprint density at radius 2 is 2.10 bits per heavy atom. The van der Waals surface area contributed by atoms with E-state index in [0.717, 1.165) is 30.0 Å². The average molecular weight is 273 g/mol. The molecule has 2 unspecified atom stereocenters. The SMILES string of the molecule is Cc1ccnc(N2CCC3CCC(C2)N3C)c1C(=N)N. The summed E-state index contributed by atoms with van der Waals surface area (Å²) in [5, 5.41) is 7.83. The van der Waals surface area contributed by atoms with Crippen LogP contribution in [0.5, 0.6) is 0 Å². The number of aromatic nitrogens is 1. The maximum atomic E-state index is 7.83. The number of nitrogens with zero attached hydrogens (tertiary/aromatic N) is 3. The Morgan fingerprint density at radius 1 is 1.35 bits per heavy atom. The van der Waals surface area contributed by atoms with Gasteiger partial charge in [0, 0.05) is 31.4 Å². The monoisotopic (exact) mass is 273 g/mol. The van der Waals surface area contributed by atoms with Crippen LogP contribution in [-0.2, 0) is 0 Å². The van der Waals surface area contributed by atoms with Crippen molar-refractivity contribution in [1.29, 1.82) is 5.41 Å². The zero-order valence-electron chi connectivity index (χ0n) is 12.3. The molecule has 20 heavy (non-hydrogen) atoms. The van der Waals surface area contributed by atoms with E-state index in [4.69, 9.17) is 11.1 Å². The highest BCUT2D eigenvalue weighted by Crippen LogP contribution is 2.31. The summed E-state index contributed by atoms with van der Waals surface area (Å²) in [5.41, 5.74) is 7.60. The van der Waals surface area contributed by atoms with Crippen molar-refractivity contribution in [3.8, 4) is 0 Å². The van der Waals surface area contributed by atoms with Crippen molar-refractivity contribution in [3.05, 3.63) is 23.4 Å². The van der Waals surface area contributed by atoms with Crippen molar-refractivity contribution in [2.75, 3.05) is 25.0 Å². The summed E-state index contributed by atoms with van der Waals surface area (Å²) in [6.45, 7) is 3.99. The molecule has 2 saturated heterocycles. The van der Waals surface area contributed by atoms with Crippen molar-refractivity contribution >= 4 is 11.7 Å². The second kappa shape index (κ2) is 5.05. The number of rotatable bonds is 2. The highest BCUT2D eigenvalue weighted by Gasteiger charge is 2.35. The van der Waals surface area contributed by atoms with Gasteiger partial charge in [-0.2, -0.15) is 0 Å². The lowest BCUT2D eigenvalue weighted by Gasteiger charge is -2.28. The molecule has 1 aromatic rings. The predicted octanol–water partition coefficient (Wildman–Crippen LogP) is 1.35. The van der Waals surface area contributed by atoms with E-state index in [1.165, 1.54) is 19.3 Å². The zero-order chi connectivity index (χ0) is 14.3. The van der Waals surface area contributed by atoms with Gasteiger partial charge in [0.15, 0.2) is 0 Å². The molecule has 5 heteroatoms. The Morgan fingerprint density at radius 3 is 2.85 bits per heavy atom. The number of nitrogen functional groups attached to an aromatic ring is 1. The first kappa shape index (κ1) is 13.4. The molecule has 5 nitrogen and oxygen atoms in total. The number of aryl methyl sites for hydroxylation is 1. The van der Waals surface area contributed by atoms with Gasteiger partial charge >= 0.3 is 0 Å². The first-order chi connectivity index (χ1) is 9.58. The normalized spacial score (nSPS) is 26.6. The molecule has 3 N–H and O–H groups in total. The highest BCUT2D eigenvalue weighted by atomic mass is 15.3. The second-order valence-electron chi connectivity index (χ2n) is 6.03. The molecule has 0 amide bonds. The standard InChI is InChI=1S/C15H23N5/c1-10-5-7-18-15(13(10)14(16)17)20-8-6-11-3-4-12(9-20)19(11)2/h5,7,11-12H,3-4,6,8-9H2,1-2H3,(H3,16,17). The minimum Gasteiger partial charge on any atom is -0.384 e. The number of nitrogens with two attached hydrogens (primary N) is 1. The maximum Gasteiger partial charge on any atom is 0.139 e. The fraction of sp³-hybridized carbons (Fsp3) is 0.600. The Bertz CT molecular complexity index is 527. The Labute approximate surface area is 120 Å². The lowest BCUT2D eigenvalue weighted by Crippen LogP contribution is -2.38. The van der Waals surface area contributed by atoms with Gasteiger partial charge < -0.3 is 10.6 Å². The van der Waals surface area contributed by atoms with Crippen LogP contribution >= 0.6 is 0 Å². The molecule has 2 bridgehead atoms. The van der Waals surface area contributed by atoms with Crippen LogP contribution in [0.15, 0.2) is 12.3 Å². The van der Waals surface area contributed by atoms with Crippen LogP contribution < -0.4 is 10.6 Å². The van der Waals surface area contributed by atoms with E-state index in [-0.39, 0.29) is 5.84 Å². The van der Waals surface area contributed by atoms with E-state index < -0.39 is 0 Å². The van der Waals surface area contributed by atoms with Crippen molar-refractivity contribution in [2.45, 2.75) is 38.3 Å². The Balaban J connectivity index is 1.94. The highest BCUT2D eigenvalue weighted by molar-refractivity contribution is 6.01. The molecule has 3 heterocycles. The van der Waals surface area contributed by atoms with E-state index in [2.05, 4.69) is 21.8 Å². The smallest absolute Gasteiger partial charge is 0.139 e. The molecule has 0 saturated carbocycles. The predicted molar refractivity (Wildman–Crippen MR) is 81.4 cm³/mol. The largest absolute Gasteiger partial charge is 0.384 e. The quantitative estimate of drug-likeness (QED) is 0.630. The van der Waals surface area contributed by atoms with Crippen LogP contribution in [-0.4, -0.2) is 47.9 Å². The lowest BCUT2D eigenvalue weighted by atomic mass is 10.1. The molecule has 2 fully saturated rings. The number of hydrogen-bond acceptors (Lipinski definition) is 4. The van der Waals surface area contributed by atoms with Crippen molar-refractivity contribution in [2.24, 2.45) is 5.73 Å². The molecule has 0 aliphatic carbocycles. The van der Waals surface area contributed by atoms with Crippen molar-refractivity contribution in [1.82, 2.24) is 9.88 Å². The fourth-order valence-electron chi connectivity index (χ4n) is 3.62. The molecule has 0 radical (unpaired) electrons. The molecule has 2 aliphatic heterocycles. The zero-order valence-corrected chi connectivity index (χ0v) is 12.3. The molecule has 3 rings (SSSR count). The lowest BCUT2D eigenvalue weighted by molar-refractivity contribution is 0.254. The van der Waals surface area contributed by atoms with Crippen molar-refractivity contribution in [3.63, 3.8) is 0 Å². The fourth-order valence-corrected chi connectivity index (χ4v) is 3.62. The third-order valence-electron chi connectivity index (χ3n) is 4.86. The first-order valence-corrected chi connectivity index (χ1v) is 7.35. The average Bonchev–Trinajstić information content (AvgIpc) is 2.62. The van der Waals surface area contributed by atoms with E-state index >= 15 is 0 Å².